The molecule has 6 nitrogen and oxygen atoms in total. The number of hydrogen-bond donors (Lipinski definition) is 1. The first-order chi connectivity index (χ1) is 11.7. The number of pyridine rings is 1. The van der Waals surface area contributed by atoms with Gasteiger partial charge >= 0.3 is 5.97 Å². The molecule has 7 heteroatoms. The van der Waals surface area contributed by atoms with E-state index in [1.165, 1.54) is 17.5 Å². The smallest absolute Gasteiger partial charge is 0.360 e. The molecule has 0 spiro atoms. The highest BCUT2D eigenvalue weighted by Gasteiger charge is 2.20. The van der Waals surface area contributed by atoms with Crippen molar-refractivity contribution in [2.24, 2.45) is 0 Å². The summed E-state index contributed by atoms with van der Waals surface area (Å²) in [6.07, 6.45) is 2.37. The van der Waals surface area contributed by atoms with E-state index >= 15 is 0 Å². The molecule has 1 aromatic carbocycles. The van der Waals surface area contributed by atoms with Crippen LogP contribution < -0.4 is 4.74 Å². The van der Waals surface area contributed by atoms with E-state index in [2.05, 4.69) is 16.0 Å². The molecule has 3 aromatic rings. The Bertz CT molecular complexity index is 951. The number of carbonyl (C=O) groups excluding carboxylic acids is 1. The van der Waals surface area contributed by atoms with E-state index < -0.39 is 5.97 Å². The zero-order chi connectivity index (χ0) is 16.7. The summed E-state index contributed by atoms with van der Waals surface area (Å²) in [5, 5.41) is 11.1. The third kappa shape index (κ3) is 2.37. The molecular formula is C17H14N2O4S. The maximum atomic E-state index is 11.8. The summed E-state index contributed by atoms with van der Waals surface area (Å²) in [6.45, 7) is 2.63. The summed E-state index contributed by atoms with van der Waals surface area (Å²) in [7, 11) is 0. The second kappa shape index (κ2) is 5.76. The predicted molar refractivity (Wildman–Crippen MR) is 89.7 cm³/mol. The lowest BCUT2D eigenvalue weighted by Gasteiger charge is -2.02. The molecule has 24 heavy (non-hydrogen) atoms. The Morgan fingerprint density at radius 1 is 1.46 bits per heavy atom. The van der Waals surface area contributed by atoms with Crippen LogP contribution in [0.5, 0.6) is 11.5 Å². The van der Waals surface area contributed by atoms with Gasteiger partial charge in [-0.2, -0.15) is 0 Å². The Kier molecular flexibility index (Phi) is 3.57. The van der Waals surface area contributed by atoms with Crippen molar-refractivity contribution >= 4 is 27.5 Å². The first kappa shape index (κ1) is 14.9. The Hall–Kier alpha value is -2.67. The van der Waals surface area contributed by atoms with E-state index in [9.17, 15) is 9.90 Å². The van der Waals surface area contributed by atoms with Gasteiger partial charge in [0.2, 0.25) is 0 Å². The van der Waals surface area contributed by atoms with E-state index in [1.54, 1.807) is 6.92 Å². The summed E-state index contributed by atoms with van der Waals surface area (Å²) in [5.74, 6) is 0.0923. The molecule has 0 saturated heterocycles. The third-order valence-corrected chi connectivity index (χ3v) is 4.94. The number of aromatic hydroxyl groups is 1. The van der Waals surface area contributed by atoms with Gasteiger partial charge in [-0.25, -0.2) is 14.8 Å². The Balaban J connectivity index is 1.78. The largest absolute Gasteiger partial charge is 0.504 e. The van der Waals surface area contributed by atoms with E-state index in [-0.39, 0.29) is 18.1 Å². The van der Waals surface area contributed by atoms with Crippen LogP contribution in [0.1, 0.15) is 23.0 Å². The second-order valence-corrected chi connectivity index (χ2v) is 6.33. The van der Waals surface area contributed by atoms with Crippen LogP contribution in [0.25, 0.3) is 20.8 Å². The van der Waals surface area contributed by atoms with Crippen LogP contribution in [0.2, 0.25) is 0 Å². The number of carbonyl (C=O) groups is 1. The number of hydrogen-bond acceptors (Lipinski definition) is 7. The minimum absolute atomic E-state index is 0.0816. The van der Waals surface area contributed by atoms with E-state index in [1.807, 2.05) is 12.1 Å². The number of aromatic nitrogens is 2. The van der Waals surface area contributed by atoms with Crippen LogP contribution in [0.3, 0.4) is 0 Å². The van der Waals surface area contributed by atoms with Gasteiger partial charge in [0, 0.05) is 12.0 Å². The molecule has 0 bridgehead atoms. The molecule has 0 aliphatic carbocycles. The third-order valence-electron chi connectivity index (χ3n) is 3.81. The fourth-order valence-corrected chi connectivity index (χ4v) is 3.65. The molecule has 0 amide bonds. The summed E-state index contributed by atoms with van der Waals surface area (Å²) in [5.41, 5.74) is 2.58. The lowest BCUT2D eigenvalue weighted by atomic mass is 10.1. The van der Waals surface area contributed by atoms with Crippen molar-refractivity contribution in [1.82, 2.24) is 9.97 Å². The molecule has 2 aromatic heterocycles. The van der Waals surface area contributed by atoms with Gasteiger partial charge in [0.1, 0.15) is 21.0 Å². The highest BCUT2D eigenvalue weighted by molar-refractivity contribution is 7.22. The summed E-state index contributed by atoms with van der Waals surface area (Å²) in [6, 6.07) is 5.93. The van der Waals surface area contributed by atoms with Crippen molar-refractivity contribution < 1.29 is 19.4 Å². The fraction of sp³-hybridized carbons (Fsp3) is 0.235. The molecule has 0 fully saturated rings. The van der Waals surface area contributed by atoms with Crippen molar-refractivity contribution in [3.8, 4) is 22.1 Å². The van der Waals surface area contributed by atoms with Crippen LogP contribution in [-0.2, 0) is 11.2 Å². The minimum atomic E-state index is -0.637. The molecule has 0 unspecified atom stereocenters. The van der Waals surface area contributed by atoms with Crippen molar-refractivity contribution in [2.45, 2.75) is 13.3 Å². The molecule has 1 aliphatic rings. The lowest BCUT2D eigenvalue weighted by Crippen LogP contribution is -2.07. The SMILES string of the molecule is CCOC(=O)c1ncc2nc(-c3ccc4c(c3)CCO4)sc2c1O. The Morgan fingerprint density at radius 2 is 2.33 bits per heavy atom. The maximum absolute atomic E-state index is 11.8. The van der Waals surface area contributed by atoms with Crippen molar-refractivity contribution in [2.75, 3.05) is 13.2 Å². The summed E-state index contributed by atoms with van der Waals surface area (Å²) in [4.78, 5) is 20.3. The van der Waals surface area contributed by atoms with Gasteiger partial charge in [0.15, 0.2) is 11.4 Å². The fourth-order valence-electron chi connectivity index (χ4n) is 2.68. The Morgan fingerprint density at radius 3 is 3.17 bits per heavy atom. The normalized spacial score (nSPS) is 12.9. The monoisotopic (exact) mass is 342 g/mol. The molecule has 3 heterocycles. The van der Waals surface area contributed by atoms with Gasteiger partial charge in [0.05, 0.1) is 19.4 Å². The van der Waals surface area contributed by atoms with Crippen LogP contribution in [0.4, 0.5) is 0 Å². The number of benzene rings is 1. The molecule has 1 N–H and O–H groups in total. The van der Waals surface area contributed by atoms with Crippen LogP contribution in [-0.4, -0.2) is 34.3 Å². The molecular weight excluding hydrogens is 328 g/mol. The number of fused-ring (bicyclic) bond motifs is 2. The molecule has 4 rings (SSSR count). The zero-order valence-corrected chi connectivity index (χ0v) is 13.7. The molecule has 0 saturated carbocycles. The predicted octanol–water partition coefficient (Wildman–Crippen LogP) is 3.18. The zero-order valence-electron chi connectivity index (χ0n) is 12.9. The van der Waals surface area contributed by atoms with Gasteiger partial charge in [0.25, 0.3) is 0 Å². The number of nitrogens with zero attached hydrogens (tertiary/aromatic N) is 2. The van der Waals surface area contributed by atoms with Gasteiger partial charge in [-0.3, -0.25) is 0 Å². The molecule has 122 valence electrons. The summed E-state index contributed by atoms with van der Waals surface area (Å²) >= 11 is 1.32. The highest BCUT2D eigenvalue weighted by Crippen LogP contribution is 2.38. The van der Waals surface area contributed by atoms with E-state index in [4.69, 9.17) is 9.47 Å². The van der Waals surface area contributed by atoms with Crippen LogP contribution in [0, 0.1) is 0 Å². The van der Waals surface area contributed by atoms with Gasteiger partial charge in [-0.1, -0.05) is 0 Å². The quantitative estimate of drug-likeness (QED) is 0.736. The first-order valence-electron chi connectivity index (χ1n) is 7.59. The van der Waals surface area contributed by atoms with Crippen LogP contribution >= 0.6 is 11.3 Å². The minimum Gasteiger partial charge on any atom is -0.504 e. The average molecular weight is 342 g/mol. The number of thiazole rings is 1. The second-order valence-electron chi connectivity index (χ2n) is 5.33. The summed E-state index contributed by atoms with van der Waals surface area (Å²) < 4.78 is 11.0. The van der Waals surface area contributed by atoms with Gasteiger partial charge in [-0.05, 0) is 30.7 Å². The van der Waals surface area contributed by atoms with Gasteiger partial charge in [-0.15, -0.1) is 11.3 Å². The first-order valence-corrected chi connectivity index (χ1v) is 8.40. The molecule has 1 aliphatic heterocycles. The lowest BCUT2D eigenvalue weighted by molar-refractivity contribution is 0.0516. The topological polar surface area (TPSA) is 81.5 Å². The van der Waals surface area contributed by atoms with Crippen molar-refractivity contribution in [3.63, 3.8) is 0 Å². The maximum Gasteiger partial charge on any atom is 0.360 e. The van der Waals surface area contributed by atoms with Crippen molar-refractivity contribution in [1.29, 1.82) is 0 Å². The number of esters is 1. The highest BCUT2D eigenvalue weighted by atomic mass is 32.1. The average Bonchev–Trinajstić information content (AvgIpc) is 3.21. The van der Waals surface area contributed by atoms with Crippen molar-refractivity contribution in [3.05, 3.63) is 35.7 Å². The Labute approximate surface area is 141 Å². The molecule has 0 radical (unpaired) electrons. The number of ether oxygens (including phenoxy) is 2. The number of rotatable bonds is 3. The molecule has 0 atom stereocenters. The van der Waals surface area contributed by atoms with E-state index in [0.717, 1.165) is 28.3 Å². The van der Waals surface area contributed by atoms with Crippen LogP contribution in [0.15, 0.2) is 24.4 Å². The standard InChI is InChI=1S/C17H14N2O4S/c1-2-22-17(21)13-14(20)15-11(8-18-13)19-16(24-15)10-3-4-12-9(7-10)5-6-23-12/h3-4,7-8,20H,2,5-6H2,1H3. The van der Waals surface area contributed by atoms with Gasteiger partial charge < -0.3 is 14.6 Å². The van der Waals surface area contributed by atoms with E-state index in [0.29, 0.717) is 16.8 Å².